The minimum Gasteiger partial charge on any atom is -0.379 e. The predicted octanol–water partition coefficient (Wildman–Crippen LogP) is 1.02. The van der Waals surface area contributed by atoms with Gasteiger partial charge in [-0.15, -0.1) is 5.10 Å². The van der Waals surface area contributed by atoms with E-state index in [1.165, 1.54) is 0 Å². The monoisotopic (exact) mass is 241 g/mol. The van der Waals surface area contributed by atoms with E-state index in [1.54, 1.807) is 4.68 Å². The predicted molar refractivity (Wildman–Crippen MR) is 65.6 cm³/mol. The molecule has 0 amide bonds. The number of nitrogens with one attached hydrogen (secondary N) is 1. The number of hydrogen-bond donors (Lipinski definition) is 1. The quantitative estimate of drug-likeness (QED) is 0.688. The van der Waals surface area contributed by atoms with Crippen molar-refractivity contribution in [2.75, 3.05) is 19.8 Å². The molecular weight excluding hydrogens is 218 g/mol. The topological polar surface area (TPSA) is 64.9 Å². The van der Waals surface area contributed by atoms with E-state index in [0.717, 1.165) is 19.0 Å². The van der Waals surface area contributed by atoms with Gasteiger partial charge < -0.3 is 10.1 Å². The van der Waals surface area contributed by atoms with E-state index < -0.39 is 0 Å². The average Bonchev–Trinajstić information content (AvgIpc) is 2.72. The number of nitrogens with zero attached hydrogens (tertiary/aromatic N) is 4. The highest BCUT2D eigenvalue weighted by Crippen LogP contribution is 2.06. The van der Waals surface area contributed by atoms with Crippen LogP contribution in [0.5, 0.6) is 0 Å². The van der Waals surface area contributed by atoms with Gasteiger partial charge in [-0.2, -0.15) is 0 Å². The summed E-state index contributed by atoms with van der Waals surface area (Å²) in [6.07, 6.45) is 0. The maximum absolute atomic E-state index is 5.53. The Bertz CT molecular complexity index is 313. The summed E-state index contributed by atoms with van der Waals surface area (Å²) < 4.78 is 7.33. The Kier molecular flexibility index (Phi) is 6.07. The molecule has 98 valence electrons. The Balaban J connectivity index is 2.40. The van der Waals surface area contributed by atoms with Gasteiger partial charge in [-0.05, 0) is 29.8 Å². The molecule has 0 aromatic carbocycles. The minimum atomic E-state index is 0.167. The van der Waals surface area contributed by atoms with Gasteiger partial charge in [-0.1, -0.05) is 20.8 Å². The first kappa shape index (κ1) is 14.1. The van der Waals surface area contributed by atoms with E-state index in [-0.39, 0.29) is 6.04 Å². The van der Waals surface area contributed by atoms with Crippen LogP contribution in [0.3, 0.4) is 0 Å². The lowest BCUT2D eigenvalue weighted by atomic mass is 10.2. The van der Waals surface area contributed by atoms with Crippen molar-refractivity contribution in [1.82, 2.24) is 25.5 Å². The van der Waals surface area contributed by atoms with Crippen LogP contribution in [0.25, 0.3) is 0 Å². The Morgan fingerprint density at radius 1 is 1.35 bits per heavy atom. The van der Waals surface area contributed by atoms with Crippen LogP contribution in [0.15, 0.2) is 0 Å². The highest BCUT2D eigenvalue weighted by atomic mass is 16.5. The molecule has 0 aliphatic carbocycles. The van der Waals surface area contributed by atoms with E-state index in [4.69, 9.17) is 4.74 Å². The normalized spacial score (nSPS) is 13.2. The van der Waals surface area contributed by atoms with Crippen LogP contribution < -0.4 is 5.32 Å². The second kappa shape index (κ2) is 7.34. The number of ether oxygens (including phenoxy) is 1. The van der Waals surface area contributed by atoms with Crippen LogP contribution in [0.1, 0.15) is 39.6 Å². The molecule has 6 nitrogen and oxygen atoms in total. The Morgan fingerprint density at radius 2 is 2.12 bits per heavy atom. The number of tetrazole rings is 1. The molecule has 1 heterocycles. The summed E-state index contributed by atoms with van der Waals surface area (Å²) in [5.74, 6) is 1.42. The molecule has 1 aromatic heterocycles. The van der Waals surface area contributed by atoms with Crippen molar-refractivity contribution in [1.29, 1.82) is 0 Å². The van der Waals surface area contributed by atoms with E-state index in [0.29, 0.717) is 19.1 Å². The first-order valence-corrected chi connectivity index (χ1v) is 6.22. The van der Waals surface area contributed by atoms with Gasteiger partial charge in [-0.3, -0.25) is 0 Å². The summed E-state index contributed by atoms with van der Waals surface area (Å²) in [7, 11) is 0. The third-order valence-corrected chi connectivity index (χ3v) is 2.36. The molecule has 1 N–H and O–H groups in total. The van der Waals surface area contributed by atoms with Crippen molar-refractivity contribution < 1.29 is 4.74 Å². The fourth-order valence-electron chi connectivity index (χ4n) is 1.55. The lowest BCUT2D eigenvalue weighted by Gasteiger charge is -2.12. The van der Waals surface area contributed by atoms with Crippen LogP contribution in [-0.4, -0.2) is 40.0 Å². The van der Waals surface area contributed by atoms with Crippen molar-refractivity contribution in [2.24, 2.45) is 5.92 Å². The molecule has 0 fully saturated rings. The molecule has 1 atom stereocenters. The molecular formula is C11H23N5O. The fourth-order valence-corrected chi connectivity index (χ4v) is 1.55. The summed E-state index contributed by atoms with van der Waals surface area (Å²) in [5.41, 5.74) is 0. The molecule has 0 aliphatic heterocycles. The molecule has 0 saturated heterocycles. The van der Waals surface area contributed by atoms with Crippen molar-refractivity contribution in [2.45, 2.75) is 40.3 Å². The summed E-state index contributed by atoms with van der Waals surface area (Å²) in [5, 5.41) is 15.0. The zero-order valence-electron chi connectivity index (χ0n) is 11.2. The summed E-state index contributed by atoms with van der Waals surface area (Å²) >= 11 is 0. The lowest BCUT2D eigenvalue weighted by Crippen LogP contribution is -2.23. The van der Waals surface area contributed by atoms with Crippen LogP contribution in [0.2, 0.25) is 0 Å². The van der Waals surface area contributed by atoms with Gasteiger partial charge in [0, 0.05) is 6.61 Å². The SMILES string of the molecule is CCNC(C)c1nnnn1CCOCC(C)C. The van der Waals surface area contributed by atoms with Crippen molar-refractivity contribution in [3.63, 3.8) is 0 Å². The molecule has 1 rings (SSSR count). The second-order valence-corrected chi connectivity index (χ2v) is 4.51. The molecule has 0 radical (unpaired) electrons. The van der Waals surface area contributed by atoms with Crippen molar-refractivity contribution >= 4 is 0 Å². The Hall–Kier alpha value is -1.01. The van der Waals surface area contributed by atoms with Crippen molar-refractivity contribution in [3.8, 4) is 0 Å². The molecule has 0 aliphatic rings. The minimum absolute atomic E-state index is 0.167. The van der Waals surface area contributed by atoms with Crippen LogP contribution in [0, 0.1) is 5.92 Å². The van der Waals surface area contributed by atoms with E-state index in [9.17, 15) is 0 Å². The number of rotatable bonds is 8. The molecule has 0 spiro atoms. The van der Waals surface area contributed by atoms with E-state index >= 15 is 0 Å². The molecule has 1 unspecified atom stereocenters. The molecule has 0 saturated carbocycles. The standard InChI is InChI=1S/C11H23N5O/c1-5-12-10(4)11-13-14-15-16(11)6-7-17-8-9(2)3/h9-10,12H,5-8H2,1-4H3. The largest absolute Gasteiger partial charge is 0.379 e. The van der Waals surface area contributed by atoms with E-state index in [2.05, 4.69) is 48.5 Å². The summed E-state index contributed by atoms with van der Waals surface area (Å²) in [6.45, 7) is 11.4. The third-order valence-electron chi connectivity index (χ3n) is 2.36. The van der Waals surface area contributed by atoms with Crippen molar-refractivity contribution in [3.05, 3.63) is 5.82 Å². The third kappa shape index (κ3) is 4.79. The summed E-state index contributed by atoms with van der Waals surface area (Å²) in [6, 6.07) is 0.167. The highest BCUT2D eigenvalue weighted by molar-refractivity contribution is 4.89. The number of aromatic nitrogens is 4. The van der Waals surface area contributed by atoms with Gasteiger partial charge in [0.25, 0.3) is 0 Å². The summed E-state index contributed by atoms with van der Waals surface area (Å²) in [4.78, 5) is 0. The highest BCUT2D eigenvalue weighted by Gasteiger charge is 2.12. The van der Waals surface area contributed by atoms with Crippen LogP contribution in [-0.2, 0) is 11.3 Å². The maximum atomic E-state index is 5.53. The maximum Gasteiger partial charge on any atom is 0.168 e. The smallest absolute Gasteiger partial charge is 0.168 e. The van der Waals surface area contributed by atoms with Crippen LogP contribution >= 0.6 is 0 Å². The molecule has 0 bridgehead atoms. The molecule has 1 aromatic rings. The zero-order valence-corrected chi connectivity index (χ0v) is 11.2. The van der Waals surface area contributed by atoms with Gasteiger partial charge in [0.2, 0.25) is 0 Å². The van der Waals surface area contributed by atoms with Gasteiger partial charge in [-0.25, -0.2) is 4.68 Å². The van der Waals surface area contributed by atoms with Gasteiger partial charge in [0.15, 0.2) is 5.82 Å². The van der Waals surface area contributed by atoms with Crippen LogP contribution in [0.4, 0.5) is 0 Å². The molecule has 6 heteroatoms. The van der Waals surface area contributed by atoms with Gasteiger partial charge in [0.1, 0.15) is 0 Å². The first-order valence-electron chi connectivity index (χ1n) is 6.22. The Labute approximate surface area is 103 Å². The second-order valence-electron chi connectivity index (χ2n) is 4.51. The number of hydrogen-bond acceptors (Lipinski definition) is 5. The molecule has 17 heavy (non-hydrogen) atoms. The fraction of sp³-hybridized carbons (Fsp3) is 0.909. The average molecular weight is 241 g/mol. The lowest BCUT2D eigenvalue weighted by molar-refractivity contribution is 0.0997. The van der Waals surface area contributed by atoms with Gasteiger partial charge >= 0.3 is 0 Å². The van der Waals surface area contributed by atoms with E-state index in [1.807, 2.05) is 0 Å². The first-order chi connectivity index (χ1) is 8.15. The zero-order chi connectivity index (χ0) is 12.7. The van der Waals surface area contributed by atoms with Gasteiger partial charge in [0.05, 0.1) is 19.2 Å². The Morgan fingerprint density at radius 3 is 2.76 bits per heavy atom.